The minimum atomic E-state index is 0.357. The molecule has 0 saturated carbocycles. The molecule has 0 spiro atoms. The highest BCUT2D eigenvalue weighted by Crippen LogP contribution is 2.26. The van der Waals surface area contributed by atoms with Crippen molar-refractivity contribution >= 4 is 0 Å². The lowest BCUT2D eigenvalue weighted by Crippen LogP contribution is -2.16. The molecule has 0 aromatic heterocycles. The molecule has 0 aliphatic rings. The molecule has 0 amide bonds. The normalized spacial score (nSPS) is 12.2. The summed E-state index contributed by atoms with van der Waals surface area (Å²) >= 11 is 0. The number of nitrogens with one attached hydrogen (secondary N) is 1. The molecular weight excluding hydrogens is 210 g/mol. The largest absolute Gasteiger partial charge is 0.493 e. The Labute approximate surface area is 105 Å². The van der Waals surface area contributed by atoms with E-state index in [1.54, 1.807) is 0 Å². The predicted octanol–water partition coefficient (Wildman–Crippen LogP) is 3.70. The second kappa shape index (κ2) is 7.13. The van der Waals surface area contributed by atoms with Gasteiger partial charge in [0.25, 0.3) is 0 Å². The summed E-state index contributed by atoms with van der Waals surface area (Å²) in [7, 11) is 1.98. The van der Waals surface area contributed by atoms with Gasteiger partial charge in [0.1, 0.15) is 5.75 Å². The lowest BCUT2D eigenvalue weighted by atomic mass is 10.0. The highest BCUT2D eigenvalue weighted by atomic mass is 16.5. The van der Waals surface area contributed by atoms with Gasteiger partial charge in [0.2, 0.25) is 0 Å². The molecule has 2 heteroatoms. The first-order chi connectivity index (χ1) is 8.19. The average Bonchev–Trinajstić information content (AvgIpc) is 2.32. The molecule has 17 heavy (non-hydrogen) atoms. The highest BCUT2D eigenvalue weighted by Gasteiger charge is 2.11. The van der Waals surface area contributed by atoms with E-state index in [0.717, 1.165) is 24.2 Å². The molecule has 1 rings (SSSR count). The minimum Gasteiger partial charge on any atom is -0.493 e. The molecule has 1 atom stereocenters. The van der Waals surface area contributed by atoms with Crippen LogP contribution < -0.4 is 10.1 Å². The monoisotopic (exact) mass is 233 g/mol. The van der Waals surface area contributed by atoms with E-state index in [0.29, 0.717) is 12.6 Å². The third-order valence-electron chi connectivity index (χ3n) is 2.84. The molecule has 0 aliphatic heterocycles. The van der Waals surface area contributed by atoms with E-state index in [1.807, 2.05) is 26.1 Å². The van der Waals surface area contributed by atoms with Gasteiger partial charge in [-0.15, -0.1) is 6.58 Å². The van der Waals surface area contributed by atoms with Gasteiger partial charge in [-0.25, -0.2) is 0 Å². The Bertz CT molecular complexity index is 356. The van der Waals surface area contributed by atoms with E-state index < -0.39 is 0 Å². The number of benzene rings is 1. The minimum absolute atomic E-state index is 0.357. The van der Waals surface area contributed by atoms with Gasteiger partial charge in [0, 0.05) is 18.0 Å². The van der Waals surface area contributed by atoms with E-state index in [-0.39, 0.29) is 0 Å². The summed E-state index contributed by atoms with van der Waals surface area (Å²) < 4.78 is 5.83. The molecule has 0 bridgehead atoms. The van der Waals surface area contributed by atoms with Crippen LogP contribution in [0, 0.1) is 0 Å². The maximum absolute atomic E-state index is 5.83. The maximum Gasteiger partial charge on any atom is 0.124 e. The highest BCUT2D eigenvalue weighted by molar-refractivity contribution is 5.35. The Hall–Kier alpha value is -1.28. The van der Waals surface area contributed by atoms with Crippen molar-refractivity contribution < 1.29 is 4.74 Å². The summed E-state index contributed by atoms with van der Waals surface area (Å²) in [5, 5.41) is 3.31. The van der Waals surface area contributed by atoms with Crippen LogP contribution in [0.1, 0.15) is 38.3 Å². The quantitative estimate of drug-likeness (QED) is 0.725. The molecule has 1 N–H and O–H groups in total. The summed E-state index contributed by atoms with van der Waals surface area (Å²) in [6, 6.07) is 8.59. The zero-order valence-electron chi connectivity index (χ0n) is 11.1. The van der Waals surface area contributed by atoms with Crippen molar-refractivity contribution in [2.24, 2.45) is 0 Å². The van der Waals surface area contributed by atoms with E-state index in [2.05, 4.69) is 31.0 Å². The van der Waals surface area contributed by atoms with Gasteiger partial charge in [0.05, 0.1) is 6.61 Å². The van der Waals surface area contributed by atoms with Crippen molar-refractivity contribution in [2.75, 3.05) is 13.7 Å². The van der Waals surface area contributed by atoms with Crippen LogP contribution in [-0.2, 0) is 0 Å². The van der Waals surface area contributed by atoms with E-state index >= 15 is 0 Å². The summed E-state index contributed by atoms with van der Waals surface area (Å²) in [5.74, 6) is 0.981. The van der Waals surface area contributed by atoms with E-state index in [1.165, 1.54) is 5.56 Å². The first-order valence-electron chi connectivity index (χ1n) is 6.22. The lowest BCUT2D eigenvalue weighted by Gasteiger charge is -2.18. The third kappa shape index (κ3) is 4.23. The van der Waals surface area contributed by atoms with Gasteiger partial charge in [0.15, 0.2) is 0 Å². The molecule has 0 fully saturated rings. The number of hydrogen-bond donors (Lipinski definition) is 1. The summed E-state index contributed by atoms with van der Waals surface area (Å²) in [5.41, 5.74) is 2.39. The Kier molecular flexibility index (Phi) is 5.78. The fourth-order valence-corrected chi connectivity index (χ4v) is 1.81. The van der Waals surface area contributed by atoms with Gasteiger partial charge in [-0.1, -0.05) is 30.7 Å². The van der Waals surface area contributed by atoms with Crippen molar-refractivity contribution in [3.05, 3.63) is 42.0 Å². The predicted molar refractivity (Wildman–Crippen MR) is 73.5 cm³/mol. The fraction of sp³-hybridized carbons (Fsp3) is 0.467. The van der Waals surface area contributed by atoms with Gasteiger partial charge >= 0.3 is 0 Å². The summed E-state index contributed by atoms with van der Waals surface area (Å²) in [4.78, 5) is 0. The summed E-state index contributed by atoms with van der Waals surface area (Å²) in [6.45, 7) is 8.78. The van der Waals surface area contributed by atoms with Crippen LogP contribution >= 0.6 is 0 Å². The van der Waals surface area contributed by atoms with Crippen molar-refractivity contribution in [3.63, 3.8) is 0 Å². The molecular formula is C15H23NO. The lowest BCUT2D eigenvalue weighted by molar-refractivity contribution is 0.314. The zero-order valence-corrected chi connectivity index (χ0v) is 11.1. The molecule has 94 valence electrons. The molecule has 1 unspecified atom stereocenters. The molecule has 2 nitrogen and oxygen atoms in total. The fourth-order valence-electron chi connectivity index (χ4n) is 1.81. The van der Waals surface area contributed by atoms with Gasteiger partial charge in [-0.05, 0) is 26.5 Å². The van der Waals surface area contributed by atoms with Crippen LogP contribution in [0.3, 0.4) is 0 Å². The maximum atomic E-state index is 5.83. The Morgan fingerprint density at radius 1 is 1.41 bits per heavy atom. The number of hydrogen-bond acceptors (Lipinski definition) is 2. The topological polar surface area (TPSA) is 21.3 Å². The van der Waals surface area contributed by atoms with Crippen LogP contribution in [0.2, 0.25) is 0 Å². The average molecular weight is 233 g/mol. The first kappa shape index (κ1) is 13.8. The molecule has 1 aromatic carbocycles. The number of para-hydroxylation sites is 1. The zero-order chi connectivity index (χ0) is 12.7. The van der Waals surface area contributed by atoms with Crippen molar-refractivity contribution in [2.45, 2.75) is 32.7 Å². The van der Waals surface area contributed by atoms with Gasteiger partial charge in [-0.3, -0.25) is 0 Å². The Balaban J connectivity index is 2.73. The Morgan fingerprint density at radius 3 is 2.71 bits per heavy atom. The van der Waals surface area contributed by atoms with Crippen molar-refractivity contribution in [1.82, 2.24) is 5.32 Å². The van der Waals surface area contributed by atoms with Crippen LogP contribution in [0.25, 0.3) is 0 Å². The summed E-state index contributed by atoms with van der Waals surface area (Å²) in [6.07, 6.45) is 1.96. The second-order valence-electron chi connectivity index (χ2n) is 4.34. The Morgan fingerprint density at radius 2 is 2.12 bits per heavy atom. The number of rotatable bonds is 7. The molecule has 1 aromatic rings. The van der Waals surface area contributed by atoms with Gasteiger partial charge < -0.3 is 10.1 Å². The smallest absolute Gasteiger partial charge is 0.124 e. The van der Waals surface area contributed by atoms with Crippen molar-refractivity contribution in [3.8, 4) is 5.75 Å². The van der Waals surface area contributed by atoms with Crippen LogP contribution in [-0.4, -0.2) is 13.7 Å². The van der Waals surface area contributed by atoms with Crippen LogP contribution in [0.5, 0.6) is 5.75 Å². The molecule has 0 heterocycles. The SMILES string of the molecule is C=C(C)CCOc1ccccc1C(CC)NC. The molecule has 0 aliphatic carbocycles. The number of ether oxygens (including phenoxy) is 1. The third-order valence-corrected chi connectivity index (χ3v) is 2.84. The van der Waals surface area contributed by atoms with E-state index in [4.69, 9.17) is 4.74 Å². The molecule has 0 radical (unpaired) electrons. The van der Waals surface area contributed by atoms with Gasteiger partial charge in [-0.2, -0.15) is 0 Å². The van der Waals surface area contributed by atoms with Crippen molar-refractivity contribution in [1.29, 1.82) is 0 Å². The second-order valence-corrected chi connectivity index (χ2v) is 4.34. The van der Waals surface area contributed by atoms with Crippen LogP contribution in [0.4, 0.5) is 0 Å². The molecule has 0 saturated heterocycles. The van der Waals surface area contributed by atoms with Crippen LogP contribution in [0.15, 0.2) is 36.4 Å². The van der Waals surface area contributed by atoms with E-state index in [9.17, 15) is 0 Å². The standard InChI is InChI=1S/C15H23NO/c1-5-14(16-4)13-8-6-7-9-15(13)17-11-10-12(2)3/h6-9,14,16H,2,5,10-11H2,1,3-4H3. The first-order valence-corrected chi connectivity index (χ1v) is 6.22.